The van der Waals surface area contributed by atoms with Gasteiger partial charge < -0.3 is 122 Å². The zero-order valence-corrected chi connectivity index (χ0v) is 76.4. The average molecular weight is 1910 g/mol. The number of nitrogen functional groups attached to an aromatic ring is 1. The highest BCUT2D eigenvalue weighted by Crippen LogP contribution is 2.59. The van der Waals surface area contributed by atoms with Crippen molar-refractivity contribution in [3.8, 4) is 12.3 Å². The number of aliphatic hydroxyl groups excluding tert-OH is 3. The number of aromatic nitrogens is 8. The van der Waals surface area contributed by atoms with E-state index >= 15 is 0 Å². The number of nitrogens with two attached hydrogens (primary N) is 1. The largest absolute Gasteiger partial charge is 0.475 e. The summed E-state index contributed by atoms with van der Waals surface area (Å²) in [5.41, 5.74) is 12.1. The molecule has 8 fully saturated rings. The zero-order chi connectivity index (χ0) is 92.2. The number of aliphatic hydroxyl groups is 5. The molecular weight excluding hydrogens is 1800 g/mol. The second kappa shape index (κ2) is 52.3. The van der Waals surface area contributed by atoms with Crippen LogP contribution >= 0.6 is 59.6 Å². The van der Waals surface area contributed by atoms with Crippen molar-refractivity contribution in [1.82, 2.24) is 49.7 Å². The molecule has 8 saturated heterocycles. The van der Waals surface area contributed by atoms with Gasteiger partial charge in [0.15, 0.2) is 24.8 Å². The minimum atomic E-state index is -3.99. The maximum atomic E-state index is 13.4. The van der Waals surface area contributed by atoms with E-state index in [9.17, 15) is 63.7 Å². The van der Waals surface area contributed by atoms with Gasteiger partial charge >= 0.3 is 40.0 Å². The second-order valence-corrected chi connectivity index (χ2v) is 37.8. The van der Waals surface area contributed by atoms with Crippen LogP contribution in [0.4, 0.5) is 5.82 Å². The van der Waals surface area contributed by atoms with Crippen LogP contribution in [-0.4, -0.2) is 338 Å². The number of azide groups is 1. The summed E-state index contributed by atoms with van der Waals surface area (Å²) in [4.78, 5) is 92.5. The Labute approximate surface area is 751 Å². The van der Waals surface area contributed by atoms with Gasteiger partial charge in [0.2, 0.25) is 11.8 Å². The number of nitrogens with zero attached hydrogens (tertiary/aromatic N) is 10. The third kappa shape index (κ3) is 32.0. The lowest BCUT2D eigenvalue weighted by Gasteiger charge is -2.44. The molecule has 5 unspecified atom stereocenters. The fraction of sp³-hybridized carbons (Fsp3) is 0.743. The van der Waals surface area contributed by atoms with Gasteiger partial charge in [-0.3, -0.25) is 51.9 Å². The first-order valence-corrected chi connectivity index (χ1v) is 47.4. The molecule has 46 nitrogen and oxygen atoms in total. The van der Waals surface area contributed by atoms with Crippen molar-refractivity contribution in [3.63, 3.8) is 0 Å². The van der Waals surface area contributed by atoms with Crippen LogP contribution in [0, 0.1) is 12.3 Å². The third-order valence-electron chi connectivity index (χ3n) is 19.6. The Morgan fingerprint density at radius 1 is 0.780 bits per heavy atom. The highest BCUT2D eigenvalue weighted by Gasteiger charge is 2.60. The molecule has 53 heteroatoms. The number of terminal acetylenes is 1. The predicted molar refractivity (Wildman–Crippen MR) is 461 cm³/mol. The first-order chi connectivity index (χ1) is 59.9. The number of esters is 3. The lowest BCUT2D eigenvalue weighted by atomic mass is 9.82. The van der Waals surface area contributed by atoms with Crippen molar-refractivity contribution < 1.29 is 143 Å². The van der Waals surface area contributed by atoms with Gasteiger partial charge in [0.05, 0.1) is 103 Å². The Morgan fingerprint density at radius 3 is 2.01 bits per heavy atom. The summed E-state index contributed by atoms with van der Waals surface area (Å²) < 4.78 is 125. The molecule has 2 radical (unpaired) electrons. The molecule has 0 bridgehead atoms. The number of phosphoric acid groups is 1. The Kier molecular flexibility index (Phi) is 44.3. The van der Waals surface area contributed by atoms with E-state index in [1.807, 2.05) is 26.1 Å². The first-order valence-electron chi connectivity index (χ1n) is 39.9. The van der Waals surface area contributed by atoms with E-state index in [1.54, 1.807) is 74.8 Å². The monoisotopic (exact) mass is 1910 g/mol. The lowest BCUT2D eigenvalue weighted by Crippen LogP contribution is -2.66. The number of fused-ring (bicyclic) bond motifs is 3. The molecule has 0 aromatic carbocycles. The first kappa shape index (κ1) is 108. The zero-order valence-electron chi connectivity index (χ0n) is 71.4. The van der Waals surface area contributed by atoms with Crippen molar-refractivity contribution in [1.29, 1.82) is 0 Å². The highest BCUT2D eigenvalue weighted by atomic mass is 33.1. The van der Waals surface area contributed by atoms with Crippen LogP contribution in [0.5, 0.6) is 0 Å². The van der Waals surface area contributed by atoms with Gasteiger partial charge in [-0.1, -0.05) is 66.9 Å². The number of ether oxygens (including phenoxy) is 13. The van der Waals surface area contributed by atoms with E-state index in [1.165, 1.54) is 43.9 Å². The molecule has 0 aliphatic carbocycles. The maximum absolute atomic E-state index is 13.4. The van der Waals surface area contributed by atoms with E-state index in [0.717, 1.165) is 36.4 Å². The fourth-order valence-electron chi connectivity index (χ4n) is 13.1. The van der Waals surface area contributed by atoms with E-state index in [2.05, 4.69) is 70.3 Å². The summed E-state index contributed by atoms with van der Waals surface area (Å²) in [6.07, 6.45) is -1.72. The number of carbonyl (C=O) groups is 5. The molecule has 2 amide bonds. The van der Waals surface area contributed by atoms with Crippen molar-refractivity contribution in [3.05, 3.63) is 74.0 Å². The summed E-state index contributed by atoms with van der Waals surface area (Å²) in [7, 11) is 6.82. The quantitative estimate of drug-likeness (QED) is 0.00324. The summed E-state index contributed by atoms with van der Waals surface area (Å²) in [5, 5.41) is 68.6. The van der Waals surface area contributed by atoms with Gasteiger partial charge in [-0.2, -0.15) is 0 Å². The SMILES string of the molecule is C.CC(=O)N[C@H]1[C@@H](OCCOCCN=[N+]=[N-])O[C@H](COC(C)=O)[C@H](OC(C)=O)[C@@H]1OC(C)=O.CC(=O)N[C@H]1[C@@H](OCCOCCn2cc(COC3CSSC[C@H]3OP3(=O)OCC4O[C@@H](C)[C@](C)(O)[C@@H]4O3)nn2)O[C@H](CO)[C@H](O)[C@@H]1O.CC(C)n1ccc(=O)[nH]c1=O.CC(C)n1ccc2c(N)ncnc21.[B][C@@H]1O[C@@H]2COP(O[C@@H]3CSSC[C@H]3OCC#C)OC2[C@@]1(C)O. The summed E-state index contributed by atoms with van der Waals surface area (Å²) in [6, 6.07) is 0.891. The molecule has 10 N–H and O–H groups in total. The molecule has 12 rings (SSSR count). The number of H-pyrrole nitrogens is 1. The van der Waals surface area contributed by atoms with Gasteiger partial charge in [0.1, 0.15) is 129 Å². The van der Waals surface area contributed by atoms with Crippen molar-refractivity contribution >= 4 is 114 Å². The summed E-state index contributed by atoms with van der Waals surface area (Å²) >= 11 is 0. The molecule has 12 heterocycles. The number of aromatic amines is 1. The molecule has 0 spiro atoms. The van der Waals surface area contributed by atoms with Crippen LogP contribution in [0.25, 0.3) is 21.5 Å². The number of nitrogens with one attached hydrogen (secondary N) is 3. The molecule has 127 heavy (non-hydrogen) atoms. The number of hydrogen-bond acceptors (Lipinski definition) is 42. The van der Waals surface area contributed by atoms with E-state index in [0.29, 0.717) is 35.6 Å². The van der Waals surface area contributed by atoms with E-state index in [-0.39, 0.29) is 122 Å². The smallest absolute Gasteiger partial charge is 0.463 e. The lowest BCUT2D eigenvalue weighted by molar-refractivity contribution is -0.279. The standard InChI is InChI=1S/C26H43N4O14PS2.C18H28N4O10.C13H18BO6PS2.C9H12N4.C7H10N2O2.CH4/c1-14-26(3,35)24-18(41-14)11-40-45(36,44-24)43-20-13-47-46-12-19(20)39-10-16-8-30(29-28-16)4-5-37-6-7-38-25-21(27-15(2)32)23(34)22(33)17(9-31)42-25;1-10(23)21-15-17(31-13(4)26)16(30-12(3)25)14(9-29-11(2)24)32-18(15)28-8-7-27-6-5-20-22-19;1-3-4-16-9-6-22-23-7-10(9)19-21-17-5-8-11(20-21)13(2,15)12(14)18-8;1-6(2)13-4-3-7-8(10)11-5-12-9(7)13;1-5(2)9-4-3-6(10)8-7(9)11;/h8,14,17-25,31,33-35H,4-7,9-13H2,1-3H3,(H,27,32);14-18H,5-9H2,1-4H3,(H,21,23);1,8-12,15H,4-7H2,2H3;3-6H,1-2H3,(H2,10,11,12);3-5H,1-2H3,(H,8,10,11);1H4/t14-,17+,18?,19?,20+,21+,22-,23+,24+,25-,26-,45?;14-,15-,16+,17-,18+;8-,9-,10-,11?,12-,13-,21?;;;/m011.../s1. The maximum Gasteiger partial charge on any atom is 0.475 e. The minimum Gasteiger partial charge on any atom is -0.463 e. The molecule has 8 aliphatic heterocycles. The second-order valence-electron chi connectivity index (χ2n) is 30.0. The Hall–Kier alpha value is -6.26. The van der Waals surface area contributed by atoms with Crippen LogP contribution in [0.15, 0.2) is 51.8 Å². The predicted octanol–water partition coefficient (Wildman–Crippen LogP) is 2.39. The van der Waals surface area contributed by atoms with Gasteiger partial charge in [0.25, 0.3) is 5.56 Å². The number of amides is 2. The van der Waals surface area contributed by atoms with Crippen molar-refractivity contribution in [2.24, 2.45) is 5.11 Å². The molecule has 4 aromatic heterocycles. The number of anilines is 1. The summed E-state index contributed by atoms with van der Waals surface area (Å²) in [6.45, 7) is 20.0. The van der Waals surface area contributed by atoms with Crippen LogP contribution < -0.4 is 27.6 Å². The molecule has 0 saturated carbocycles. The minimum absolute atomic E-state index is 0. The van der Waals surface area contributed by atoms with Gasteiger partial charge in [-0.25, -0.2) is 24.0 Å². The third-order valence-corrected chi connectivity index (χ3v) is 27.1. The van der Waals surface area contributed by atoms with Crippen molar-refractivity contribution in [2.45, 2.75) is 249 Å². The van der Waals surface area contributed by atoms with E-state index < -0.39 is 168 Å². The molecular formula is C74H115BN14O32P2S4. The number of carbonyl (C=O) groups excluding carboxylic acids is 5. The van der Waals surface area contributed by atoms with Crippen LogP contribution in [0.1, 0.15) is 108 Å². The molecule has 24 atom stereocenters. The Bertz CT molecular complexity index is 4410. The normalized spacial score (nSPS) is 31.8. The summed E-state index contributed by atoms with van der Waals surface area (Å²) in [5.74, 6) is 2.71. The van der Waals surface area contributed by atoms with Crippen molar-refractivity contribution in [2.75, 3.05) is 108 Å². The molecule has 8 aliphatic rings. The Balaban J connectivity index is 0.000000238. The highest BCUT2D eigenvalue weighted by molar-refractivity contribution is 8.77. The van der Waals surface area contributed by atoms with Crippen LogP contribution in [0.2, 0.25) is 0 Å². The molecule has 4 aromatic rings. The number of rotatable bonds is 32. The number of phosphoric ester groups is 1. The fourth-order valence-corrected chi connectivity index (χ4v) is 21.3. The van der Waals surface area contributed by atoms with Crippen LogP contribution in [0.3, 0.4) is 0 Å². The van der Waals surface area contributed by atoms with Gasteiger partial charge in [0, 0.05) is 106 Å². The topological polar surface area (TPSA) is 594 Å². The number of hydrogen-bond donors (Lipinski definition) is 9. The van der Waals surface area contributed by atoms with E-state index in [4.69, 9.17) is 114 Å². The molecule has 710 valence electrons. The average Bonchev–Trinajstić information content (AvgIpc) is 1.62. The van der Waals surface area contributed by atoms with Gasteiger partial charge in [-0.15, -0.1) is 11.5 Å². The Morgan fingerprint density at radius 2 is 1.39 bits per heavy atom. The van der Waals surface area contributed by atoms with Gasteiger partial charge in [-0.05, 0) is 60.1 Å². The van der Waals surface area contributed by atoms with Crippen LogP contribution in [-0.2, 0) is 130 Å².